The Morgan fingerprint density at radius 3 is 2.52 bits per heavy atom. The number of pyridine rings is 2. The number of likely N-dealkylation sites (tertiary alicyclic amines) is 1. The SMILES string of the molecule is CN(C)C(=O)Cc1ccc2oc(C(=O)Nc3ccc(Cl)cn3)c(NC(=O)[C@H]3CC[C@H](N4CCCC4=O)CC3)c2n1. The first-order valence-corrected chi connectivity index (χ1v) is 13.7. The van der Waals surface area contributed by atoms with Crippen molar-refractivity contribution in [3.05, 3.63) is 46.9 Å². The minimum absolute atomic E-state index is 0.0525. The van der Waals surface area contributed by atoms with Gasteiger partial charge in [0.25, 0.3) is 5.91 Å². The molecule has 0 spiro atoms. The van der Waals surface area contributed by atoms with Crippen LogP contribution in [0.2, 0.25) is 5.02 Å². The molecule has 2 fully saturated rings. The van der Waals surface area contributed by atoms with Gasteiger partial charge in [0.2, 0.25) is 23.5 Å². The first-order chi connectivity index (χ1) is 19.2. The number of carbonyl (C=O) groups is 4. The molecule has 1 saturated heterocycles. The Hall–Kier alpha value is -3.99. The first kappa shape index (κ1) is 27.6. The molecule has 0 aromatic carbocycles. The smallest absolute Gasteiger partial charge is 0.294 e. The Morgan fingerprint density at radius 2 is 1.88 bits per heavy atom. The summed E-state index contributed by atoms with van der Waals surface area (Å²) in [4.78, 5) is 63.2. The number of fused-ring (bicyclic) bond motifs is 1. The number of carbonyl (C=O) groups excluding carboxylic acids is 4. The normalized spacial score (nSPS) is 19.1. The van der Waals surface area contributed by atoms with Gasteiger partial charge in [0, 0.05) is 45.2 Å². The van der Waals surface area contributed by atoms with E-state index in [2.05, 4.69) is 20.6 Å². The second-order valence-corrected chi connectivity index (χ2v) is 10.9. The van der Waals surface area contributed by atoms with E-state index in [1.165, 1.54) is 11.1 Å². The second kappa shape index (κ2) is 11.6. The van der Waals surface area contributed by atoms with Gasteiger partial charge in [-0.1, -0.05) is 11.6 Å². The summed E-state index contributed by atoms with van der Waals surface area (Å²) < 4.78 is 5.87. The molecule has 40 heavy (non-hydrogen) atoms. The van der Waals surface area contributed by atoms with Crippen LogP contribution in [0.15, 0.2) is 34.9 Å². The molecule has 1 saturated carbocycles. The minimum Gasteiger partial charge on any atom is -0.447 e. The molecule has 1 aliphatic carbocycles. The van der Waals surface area contributed by atoms with Crippen molar-refractivity contribution in [2.24, 2.45) is 5.92 Å². The summed E-state index contributed by atoms with van der Waals surface area (Å²) in [6.07, 6.45) is 5.70. The van der Waals surface area contributed by atoms with E-state index in [1.54, 1.807) is 38.4 Å². The molecule has 4 amide bonds. The molecule has 0 atom stereocenters. The van der Waals surface area contributed by atoms with Crippen LogP contribution >= 0.6 is 11.6 Å². The van der Waals surface area contributed by atoms with E-state index in [0.29, 0.717) is 35.6 Å². The van der Waals surface area contributed by atoms with Crippen molar-refractivity contribution in [1.29, 1.82) is 0 Å². The van der Waals surface area contributed by atoms with Crippen molar-refractivity contribution in [2.75, 3.05) is 31.3 Å². The zero-order chi connectivity index (χ0) is 28.4. The van der Waals surface area contributed by atoms with Crippen molar-refractivity contribution in [1.82, 2.24) is 19.8 Å². The Morgan fingerprint density at radius 1 is 1.10 bits per heavy atom. The van der Waals surface area contributed by atoms with Crippen molar-refractivity contribution in [2.45, 2.75) is 51.0 Å². The summed E-state index contributed by atoms with van der Waals surface area (Å²) in [5, 5.41) is 5.98. The number of likely N-dealkylation sites (N-methyl/N-ethyl adjacent to an activating group) is 1. The number of aromatic nitrogens is 2. The van der Waals surface area contributed by atoms with Crippen LogP contribution in [0.4, 0.5) is 11.5 Å². The lowest BCUT2D eigenvalue weighted by atomic mass is 9.84. The number of furan rings is 1. The number of anilines is 2. The largest absolute Gasteiger partial charge is 0.447 e. The summed E-state index contributed by atoms with van der Waals surface area (Å²) in [5.41, 5.74) is 1.19. The lowest BCUT2D eigenvalue weighted by Crippen LogP contribution is -2.40. The molecule has 1 aliphatic heterocycles. The van der Waals surface area contributed by atoms with Crippen LogP contribution in [0, 0.1) is 5.92 Å². The standard InChI is InChI=1S/C28H31ClN6O5/c1-34(2)23(37)14-18-8-11-20-24(31-18)25(26(40-20)28(39)32-21-12-7-17(29)15-30-21)33-27(38)16-5-9-19(10-6-16)35-13-3-4-22(35)36/h7-8,11-12,15-16,19H,3-6,9-10,13-14H2,1-2H3,(H,33,38)(H,30,32,39)/t16-,19-. The molecule has 2 aliphatic rings. The number of amides is 4. The number of hydrogen-bond acceptors (Lipinski definition) is 7. The second-order valence-electron chi connectivity index (χ2n) is 10.4. The first-order valence-electron chi connectivity index (χ1n) is 13.4. The van der Waals surface area contributed by atoms with Crippen molar-refractivity contribution in [3.63, 3.8) is 0 Å². The number of halogens is 1. The van der Waals surface area contributed by atoms with E-state index in [0.717, 1.165) is 25.8 Å². The van der Waals surface area contributed by atoms with Gasteiger partial charge in [0.05, 0.1) is 17.1 Å². The van der Waals surface area contributed by atoms with E-state index < -0.39 is 5.91 Å². The van der Waals surface area contributed by atoms with Gasteiger partial charge >= 0.3 is 0 Å². The van der Waals surface area contributed by atoms with Crippen molar-refractivity contribution >= 4 is 57.8 Å². The highest BCUT2D eigenvalue weighted by Crippen LogP contribution is 2.34. The summed E-state index contributed by atoms with van der Waals surface area (Å²) in [6, 6.07) is 6.59. The molecule has 11 nitrogen and oxygen atoms in total. The Bertz CT molecular complexity index is 1450. The monoisotopic (exact) mass is 566 g/mol. The lowest BCUT2D eigenvalue weighted by molar-refractivity contribution is -0.131. The van der Waals surface area contributed by atoms with Gasteiger partial charge < -0.3 is 24.9 Å². The summed E-state index contributed by atoms with van der Waals surface area (Å²) in [7, 11) is 3.32. The summed E-state index contributed by atoms with van der Waals surface area (Å²) in [6.45, 7) is 0.784. The maximum absolute atomic E-state index is 13.4. The molecule has 5 rings (SSSR count). The molecule has 0 bridgehead atoms. The molecule has 2 N–H and O–H groups in total. The zero-order valence-corrected chi connectivity index (χ0v) is 23.2. The quantitative estimate of drug-likeness (QED) is 0.442. The Balaban J connectivity index is 1.39. The van der Waals surface area contributed by atoms with Gasteiger partial charge in [-0.15, -0.1) is 0 Å². The van der Waals surface area contributed by atoms with Gasteiger partial charge in [0.15, 0.2) is 5.58 Å². The van der Waals surface area contributed by atoms with Crippen LogP contribution in [0.3, 0.4) is 0 Å². The Labute approximate surface area is 236 Å². The third-order valence-corrected chi connectivity index (χ3v) is 7.69. The van der Waals surface area contributed by atoms with E-state index in [-0.39, 0.29) is 58.9 Å². The third-order valence-electron chi connectivity index (χ3n) is 7.46. The van der Waals surface area contributed by atoms with Gasteiger partial charge in [-0.2, -0.15) is 0 Å². The van der Waals surface area contributed by atoms with E-state index >= 15 is 0 Å². The van der Waals surface area contributed by atoms with Crippen LogP contribution in [0.25, 0.3) is 11.1 Å². The van der Waals surface area contributed by atoms with Gasteiger partial charge in [-0.25, -0.2) is 9.97 Å². The summed E-state index contributed by atoms with van der Waals surface area (Å²) in [5.74, 6) is -0.966. The predicted molar refractivity (Wildman–Crippen MR) is 149 cm³/mol. The topological polar surface area (TPSA) is 138 Å². The van der Waals surface area contributed by atoms with Crippen molar-refractivity contribution < 1.29 is 23.6 Å². The number of rotatable bonds is 7. The van der Waals surface area contributed by atoms with Crippen LogP contribution in [0.5, 0.6) is 0 Å². The molecule has 210 valence electrons. The average Bonchev–Trinajstić information content (AvgIpc) is 3.53. The van der Waals surface area contributed by atoms with Crippen LogP contribution in [-0.2, 0) is 20.8 Å². The fraction of sp³-hybridized carbons (Fsp3) is 0.429. The molecular formula is C28H31ClN6O5. The summed E-state index contributed by atoms with van der Waals surface area (Å²) >= 11 is 5.90. The highest BCUT2D eigenvalue weighted by Gasteiger charge is 2.34. The van der Waals surface area contributed by atoms with Crippen LogP contribution < -0.4 is 10.6 Å². The molecule has 3 aromatic rings. The van der Waals surface area contributed by atoms with E-state index in [4.69, 9.17) is 16.0 Å². The van der Waals surface area contributed by atoms with Crippen LogP contribution in [0.1, 0.15) is 54.8 Å². The van der Waals surface area contributed by atoms with E-state index in [9.17, 15) is 19.2 Å². The molecule has 4 heterocycles. The molecule has 0 radical (unpaired) electrons. The van der Waals surface area contributed by atoms with Gasteiger partial charge in [-0.05, 0) is 56.4 Å². The number of nitrogens with zero attached hydrogens (tertiary/aromatic N) is 4. The predicted octanol–water partition coefficient (Wildman–Crippen LogP) is 3.88. The average molecular weight is 567 g/mol. The maximum Gasteiger partial charge on any atom is 0.294 e. The minimum atomic E-state index is -0.620. The van der Waals surface area contributed by atoms with E-state index in [1.807, 2.05) is 4.90 Å². The maximum atomic E-state index is 13.4. The Kier molecular flexibility index (Phi) is 8.02. The van der Waals surface area contributed by atoms with Gasteiger partial charge in [0.1, 0.15) is 17.0 Å². The fourth-order valence-electron chi connectivity index (χ4n) is 5.26. The highest BCUT2D eigenvalue weighted by atomic mass is 35.5. The lowest BCUT2D eigenvalue weighted by Gasteiger charge is -2.34. The van der Waals surface area contributed by atoms with Gasteiger partial charge in [-0.3, -0.25) is 19.2 Å². The fourth-order valence-corrected chi connectivity index (χ4v) is 5.37. The van der Waals surface area contributed by atoms with Crippen molar-refractivity contribution in [3.8, 4) is 0 Å². The molecule has 3 aromatic heterocycles. The molecule has 0 unspecified atom stereocenters. The zero-order valence-electron chi connectivity index (χ0n) is 22.4. The highest BCUT2D eigenvalue weighted by molar-refractivity contribution is 6.30. The number of nitrogens with one attached hydrogen (secondary N) is 2. The van der Waals surface area contributed by atoms with Crippen LogP contribution in [-0.4, -0.2) is 70.1 Å². The molecular weight excluding hydrogens is 536 g/mol. The third kappa shape index (κ3) is 5.94. The number of hydrogen-bond donors (Lipinski definition) is 2. The molecule has 12 heteroatoms.